The number of benzene rings is 1. The molecule has 4 heterocycles. The molecule has 2 aromatic heterocycles. The molecule has 5 rings (SSSR count). The average Bonchev–Trinajstić information content (AvgIpc) is 3.40. The number of aromatic amines is 1. The van der Waals surface area contributed by atoms with Crippen LogP contribution >= 0.6 is 0 Å². The first-order valence-corrected chi connectivity index (χ1v) is 12.0. The summed E-state index contributed by atoms with van der Waals surface area (Å²) in [7, 11) is 1.61. The van der Waals surface area contributed by atoms with Gasteiger partial charge in [0, 0.05) is 56.1 Å². The van der Waals surface area contributed by atoms with Crippen LogP contribution in [0.5, 0.6) is 11.5 Å². The van der Waals surface area contributed by atoms with Gasteiger partial charge in [-0.05, 0) is 51.1 Å². The third-order valence-corrected chi connectivity index (χ3v) is 6.29. The molecule has 0 bridgehead atoms. The molecule has 1 aromatic carbocycles. The van der Waals surface area contributed by atoms with E-state index < -0.39 is 5.60 Å². The highest BCUT2D eigenvalue weighted by atomic mass is 16.6. The number of hydrogen-bond acceptors (Lipinski definition) is 7. The maximum absolute atomic E-state index is 13.2. The van der Waals surface area contributed by atoms with E-state index in [1.54, 1.807) is 30.3 Å². The summed E-state index contributed by atoms with van der Waals surface area (Å²) < 4.78 is 17.3. The molecule has 1 fully saturated rings. The van der Waals surface area contributed by atoms with E-state index in [9.17, 15) is 9.59 Å². The van der Waals surface area contributed by atoms with Gasteiger partial charge < -0.3 is 24.1 Å². The van der Waals surface area contributed by atoms with Crippen LogP contribution < -0.4 is 9.47 Å². The lowest BCUT2D eigenvalue weighted by Crippen LogP contribution is -2.49. The summed E-state index contributed by atoms with van der Waals surface area (Å²) in [4.78, 5) is 37.0. The molecular formula is C27H30N4O5. The Kier molecular flexibility index (Phi) is 6.17. The van der Waals surface area contributed by atoms with Crippen molar-refractivity contribution in [2.75, 3.05) is 33.3 Å². The van der Waals surface area contributed by atoms with E-state index in [2.05, 4.69) is 14.9 Å². The largest absolute Gasteiger partial charge is 0.496 e. The van der Waals surface area contributed by atoms with Gasteiger partial charge in [-0.25, -0.2) is 9.78 Å². The monoisotopic (exact) mass is 490 g/mol. The van der Waals surface area contributed by atoms with Crippen molar-refractivity contribution in [3.05, 3.63) is 59.1 Å². The average molecular weight is 491 g/mol. The number of fused-ring (bicyclic) bond motifs is 2. The Labute approximate surface area is 209 Å². The topological polar surface area (TPSA) is 97.0 Å². The molecule has 188 valence electrons. The second kappa shape index (κ2) is 9.31. The standard InChI is InChI=1S/C27H30N4O5/c1-27(2,3)36-26(33)31-12-10-30(11-13-31)16-20-21(34-4)8-7-19-23(32)22(35-24(19)20)14-17-15-29-25-18(17)6-5-9-28-25/h5-9,14-15H,10-13,16H2,1-4H3,(H,28,29). The van der Waals surface area contributed by atoms with Gasteiger partial charge in [0.2, 0.25) is 5.78 Å². The number of aromatic nitrogens is 2. The maximum Gasteiger partial charge on any atom is 0.410 e. The SMILES string of the molecule is COc1ccc2c(c1CN1CCN(C(=O)OC(C)(C)C)CC1)OC(=Cc1c[nH]c3ncccc13)C2=O. The lowest BCUT2D eigenvalue weighted by atomic mass is 10.0. The first kappa shape index (κ1) is 23.9. The Balaban J connectivity index is 1.35. The number of carbonyl (C=O) groups is 2. The van der Waals surface area contributed by atoms with Gasteiger partial charge in [-0.3, -0.25) is 9.69 Å². The molecule has 3 aromatic rings. The summed E-state index contributed by atoms with van der Waals surface area (Å²) in [6.07, 6.45) is 4.99. The van der Waals surface area contributed by atoms with E-state index in [1.807, 2.05) is 45.2 Å². The molecule has 0 unspecified atom stereocenters. The van der Waals surface area contributed by atoms with Crippen LogP contribution in [0.3, 0.4) is 0 Å². The van der Waals surface area contributed by atoms with Crippen LogP contribution in [0.15, 0.2) is 42.4 Å². The number of methoxy groups -OCH3 is 1. The maximum atomic E-state index is 13.2. The Morgan fingerprint density at radius 1 is 1.19 bits per heavy atom. The number of Topliss-reactive ketones (excluding diaryl/α,β-unsaturated/α-hetero) is 1. The van der Waals surface area contributed by atoms with E-state index in [-0.39, 0.29) is 17.6 Å². The fraction of sp³-hybridized carbons (Fsp3) is 0.370. The predicted octanol–water partition coefficient (Wildman–Crippen LogP) is 4.24. The molecule has 1 N–H and O–H groups in total. The van der Waals surface area contributed by atoms with E-state index in [0.29, 0.717) is 49.8 Å². The van der Waals surface area contributed by atoms with Crippen molar-refractivity contribution in [3.8, 4) is 11.5 Å². The minimum atomic E-state index is -0.523. The third-order valence-electron chi connectivity index (χ3n) is 6.29. The van der Waals surface area contributed by atoms with E-state index in [1.165, 1.54) is 0 Å². The number of amides is 1. The molecule has 9 nitrogen and oxygen atoms in total. The van der Waals surface area contributed by atoms with Gasteiger partial charge in [-0.15, -0.1) is 0 Å². The number of ether oxygens (including phenoxy) is 3. The van der Waals surface area contributed by atoms with Gasteiger partial charge in [-0.2, -0.15) is 0 Å². The zero-order valence-electron chi connectivity index (χ0n) is 21.0. The van der Waals surface area contributed by atoms with Gasteiger partial charge in [-0.1, -0.05) is 0 Å². The van der Waals surface area contributed by atoms with E-state index >= 15 is 0 Å². The lowest BCUT2D eigenvalue weighted by Gasteiger charge is -2.35. The Bertz CT molecular complexity index is 1350. The smallest absolute Gasteiger partial charge is 0.410 e. The number of allylic oxidation sites excluding steroid dienone is 1. The Morgan fingerprint density at radius 3 is 2.69 bits per heavy atom. The Hall–Kier alpha value is -3.85. The number of H-pyrrole nitrogens is 1. The third kappa shape index (κ3) is 4.66. The summed E-state index contributed by atoms with van der Waals surface area (Å²) >= 11 is 0. The number of hydrogen-bond donors (Lipinski definition) is 1. The first-order valence-electron chi connectivity index (χ1n) is 12.0. The summed E-state index contributed by atoms with van der Waals surface area (Å²) in [5.41, 5.74) is 2.39. The van der Waals surface area contributed by atoms with Crippen LogP contribution in [0.1, 0.15) is 42.3 Å². The summed E-state index contributed by atoms with van der Waals surface area (Å²) in [6.45, 7) is 8.59. The highest BCUT2D eigenvalue weighted by molar-refractivity contribution is 6.15. The normalized spacial score (nSPS) is 17.4. The number of ketones is 1. The summed E-state index contributed by atoms with van der Waals surface area (Å²) in [6, 6.07) is 7.36. The zero-order chi connectivity index (χ0) is 25.4. The molecule has 0 atom stereocenters. The van der Waals surface area contributed by atoms with Gasteiger partial charge in [0.05, 0.1) is 18.2 Å². The number of piperazine rings is 1. The second-order valence-electron chi connectivity index (χ2n) is 9.95. The number of carbonyl (C=O) groups excluding carboxylic acids is 2. The van der Waals surface area contributed by atoms with Crippen molar-refractivity contribution in [1.82, 2.24) is 19.8 Å². The highest BCUT2D eigenvalue weighted by Gasteiger charge is 2.33. The van der Waals surface area contributed by atoms with Crippen molar-refractivity contribution >= 4 is 29.0 Å². The van der Waals surface area contributed by atoms with Crippen molar-refractivity contribution in [1.29, 1.82) is 0 Å². The fourth-order valence-corrected chi connectivity index (χ4v) is 4.51. The second-order valence-corrected chi connectivity index (χ2v) is 9.95. The molecule has 1 amide bonds. The molecule has 0 saturated carbocycles. The molecule has 0 radical (unpaired) electrons. The minimum absolute atomic E-state index is 0.165. The quantitative estimate of drug-likeness (QED) is 0.547. The van der Waals surface area contributed by atoms with Crippen LogP contribution in [0, 0.1) is 0 Å². The van der Waals surface area contributed by atoms with Crippen molar-refractivity contribution in [3.63, 3.8) is 0 Å². The number of rotatable bonds is 4. The summed E-state index contributed by atoms with van der Waals surface area (Å²) in [5, 5.41) is 0.915. The van der Waals surface area contributed by atoms with Gasteiger partial charge >= 0.3 is 6.09 Å². The number of nitrogens with one attached hydrogen (secondary N) is 1. The van der Waals surface area contributed by atoms with Gasteiger partial charge in [0.15, 0.2) is 5.76 Å². The lowest BCUT2D eigenvalue weighted by molar-refractivity contribution is 0.0138. The molecule has 9 heteroatoms. The van der Waals surface area contributed by atoms with Crippen LogP contribution in [0.4, 0.5) is 4.79 Å². The van der Waals surface area contributed by atoms with E-state index in [4.69, 9.17) is 14.2 Å². The highest BCUT2D eigenvalue weighted by Crippen LogP contribution is 2.41. The molecule has 36 heavy (non-hydrogen) atoms. The van der Waals surface area contributed by atoms with Crippen LogP contribution in [0.2, 0.25) is 0 Å². The molecule has 1 saturated heterocycles. The summed E-state index contributed by atoms with van der Waals surface area (Å²) in [5.74, 6) is 1.28. The molecule has 2 aliphatic heterocycles. The number of pyridine rings is 1. The van der Waals surface area contributed by atoms with Crippen molar-refractivity contribution in [2.45, 2.75) is 32.9 Å². The molecule has 0 spiro atoms. The van der Waals surface area contributed by atoms with Crippen molar-refractivity contribution in [2.24, 2.45) is 0 Å². The molecule has 0 aliphatic carbocycles. The van der Waals surface area contributed by atoms with Crippen LogP contribution in [-0.2, 0) is 11.3 Å². The molecular weight excluding hydrogens is 460 g/mol. The van der Waals surface area contributed by atoms with Crippen molar-refractivity contribution < 1.29 is 23.8 Å². The number of nitrogens with zero attached hydrogens (tertiary/aromatic N) is 3. The fourth-order valence-electron chi connectivity index (χ4n) is 4.51. The predicted molar refractivity (Wildman–Crippen MR) is 135 cm³/mol. The van der Waals surface area contributed by atoms with Gasteiger partial charge in [0.1, 0.15) is 22.7 Å². The van der Waals surface area contributed by atoms with Gasteiger partial charge in [0.25, 0.3) is 0 Å². The Morgan fingerprint density at radius 2 is 1.97 bits per heavy atom. The van der Waals surface area contributed by atoms with Crippen LogP contribution in [0.25, 0.3) is 17.1 Å². The first-order chi connectivity index (χ1) is 17.2. The van der Waals surface area contributed by atoms with E-state index in [0.717, 1.165) is 22.2 Å². The molecule has 2 aliphatic rings. The van der Waals surface area contributed by atoms with Crippen LogP contribution in [-0.4, -0.2) is 70.5 Å². The minimum Gasteiger partial charge on any atom is -0.496 e. The zero-order valence-corrected chi connectivity index (χ0v) is 21.0.